The maximum atomic E-state index is 12.0. The smallest absolute Gasteiger partial charge is 0.337 e. The number of nitrogens with one attached hydrogen (secondary N) is 1. The van der Waals surface area contributed by atoms with Crippen LogP contribution in [0, 0.1) is 0 Å². The van der Waals surface area contributed by atoms with Gasteiger partial charge in [-0.1, -0.05) is 6.07 Å². The molecule has 0 unspecified atom stereocenters. The Hall–Kier alpha value is -2.18. The van der Waals surface area contributed by atoms with Crippen LogP contribution in [-0.2, 0) is 4.74 Å². The lowest BCUT2D eigenvalue weighted by atomic mass is 10.1. The van der Waals surface area contributed by atoms with E-state index in [0.29, 0.717) is 24.1 Å². The Kier molecular flexibility index (Phi) is 5.68. The predicted molar refractivity (Wildman–Crippen MR) is 84.0 cm³/mol. The van der Waals surface area contributed by atoms with Crippen molar-refractivity contribution in [2.45, 2.75) is 12.5 Å². The number of aliphatic hydroxyl groups is 1. The summed E-state index contributed by atoms with van der Waals surface area (Å²) in [5.74, 6) is -0.680. The lowest BCUT2D eigenvalue weighted by Crippen LogP contribution is -2.25. The van der Waals surface area contributed by atoms with Crippen LogP contribution in [0.1, 0.15) is 38.1 Å². The van der Waals surface area contributed by atoms with E-state index >= 15 is 0 Å². The number of amides is 1. The third-order valence-corrected chi connectivity index (χ3v) is 4.12. The van der Waals surface area contributed by atoms with E-state index in [1.165, 1.54) is 18.4 Å². The number of rotatable bonds is 6. The Morgan fingerprint density at radius 3 is 2.50 bits per heavy atom. The lowest BCUT2D eigenvalue weighted by molar-refractivity contribution is 0.0600. The molecule has 2 rings (SSSR count). The van der Waals surface area contributed by atoms with Crippen molar-refractivity contribution in [3.8, 4) is 0 Å². The molecule has 6 heteroatoms. The summed E-state index contributed by atoms with van der Waals surface area (Å²) in [7, 11) is 1.31. The zero-order valence-corrected chi connectivity index (χ0v) is 12.9. The summed E-state index contributed by atoms with van der Waals surface area (Å²) >= 11 is 1.49. The molecule has 1 aromatic heterocycles. The van der Waals surface area contributed by atoms with Gasteiger partial charge in [-0.3, -0.25) is 4.79 Å². The van der Waals surface area contributed by atoms with E-state index in [9.17, 15) is 14.7 Å². The Balaban J connectivity index is 1.83. The summed E-state index contributed by atoms with van der Waals surface area (Å²) in [6, 6.07) is 9.96. The molecule has 0 saturated carbocycles. The fourth-order valence-electron chi connectivity index (χ4n) is 1.92. The molecule has 0 spiro atoms. The van der Waals surface area contributed by atoms with Crippen molar-refractivity contribution >= 4 is 23.2 Å². The monoisotopic (exact) mass is 319 g/mol. The van der Waals surface area contributed by atoms with Gasteiger partial charge in [0.1, 0.15) is 0 Å². The van der Waals surface area contributed by atoms with Crippen molar-refractivity contribution in [1.82, 2.24) is 5.32 Å². The average Bonchev–Trinajstić information content (AvgIpc) is 3.08. The Labute approximate surface area is 132 Å². The van der Waals surface area contributed by atoms with Crippen LogP contribution >= 0.6 is 11.3 Å². The number of hydrogen-bond acceptors (Lipinski definition) is 5. The van der Waals surface area contributed by atoms with Gasteiger partial charge in [-0.25, -0.2) is 4.79 Å². The number of hydrogen-bond donors (Lipinski definition) is 2. The lowest BCUT2D eigenvalue weighted by Gasteiger charge is -2.10. The molecule has 0 saturated heterocycles. The van der Waals surface area contributed by atoms with E-state index in [2.05, 4.69) is 10.1 Å². The van der Waals surface area contributed by atoms with E-state index in [0.717, 1.165) is 4.88 Å². The average molecular weight is 319 g/mol. The molecule has 1 aromatic carbocycles. The number of aliphatic hydroxyl groups excluding tert-OH is 1. The molecule has 0 aliphatic heterocycles. The van der Waals surface area contributed by atoms with Crippen molar-refractivity contribution < 1.29 is 19.4 Å². The highest BCUT2D eigenvalue weighted by atomic mass is 32.1. The van der Waals surface area contributed by atoms with Crippen LogP contribution in [-0.4, -0.2) is 30.6 Å². The molecule has 0 fully saturated rings. The highest BCUT2D eigenvalue weighted by Gasteiger charge is 2.11. The van der Waals surface area contributed by atoms with Gasteiger partial charge in [0.05, 0.1) is 18.8 Å². The summed E-state index contributed by atoms with van der Waals surface area (Å²) in [5, 5.41) is 14.6. The van der Waals surface area contributed by atoms with Crippen LogP contribution in [0.4, 0.5) is 0 Å². The van der Waals surface area contributed by atoms with E-state index in [1.54, 1.807) is 24.3 Å². The fraction of sp³-hybridized carbons (Fsp3) is 0.250. The van der Waals surface area contributed by atoms with Gasteiger partial charge < -0.3 is 15.2 Å². The van der Waals surface area contributed by atoms with Crippen molar-refractivity contribution in [3.05, 3.63) is 57.8 Å². The molecule has 2 aromatic rings. The van der Waals surface area contributed by atoms with Crippen LogP contribution < -0.4 is 5.32 Å². The van der Waals surface area contributed by atoms with E-state index < -0.39 is 12.1 Å². The van der Waals surface area contributed by atoms with Crippen molar-refractivity contribution in [3.63, 3.8) is 0 Å². The quantitative estimate of drug-likeness (QED) is 0.802. The maximum absolute atomic E-state index is 12.0. The first-order chi connectivity index (χ1) is 10.6. The predicted octanol–water partition coefficient (Wildman–Crippen LogP) is 2.39. The summed E-state index contributed by atoms with van der Waals surface area (Å²) in [5.41, 5.74) is 0.852. The number of carbonyl (C=O) groups is 2. The number of thiophene rings is 1. The van der Waals surface area contributed by atoms with Gasteiger partial charge in [0, 0.05) is 17.0 Å². The molecule has 0 bridgehead atoms. The van der Waals surface area contributed by atoms with E-state index in [1.807, 2.05) is 17.5 Å². The standard InChI is InChI=1S/C16H17NO4S/c1-21-16(20)12-6-4-11(5-7-12)15(19)17-9-8-13(18)14-3-2-10-22-14/h2-7,10,13,18H,8-9H2,1H3,(H,17,19)/t13-/m1/s1. The van der Waals surface area contributed by atoms with Crippen LogP contribution in [0.2, 0.25) is 0 Å². The second-order valence-corrected chi connectivity index (χ2v) is 5.62. The Bertz CT molecular complexity index is 622. The normalized spacial score (nSPS) is 11.7. The van der Waals surface area contributed by atoms with Crippen LogP contribution in [0.5, 0.6) is 0 Å². The van der Waals surface area contributed by atoms with Crippen LogP contribution in [0.3, 0.4) is 0 Å². The third-order valence-electron chi connectivity index (χ3n) is 3.14. The fourth-order valence-corrected chi connectivity index (χ4v) is 2.67. The second-order valence-electron chi connectivity index (χ2n) is 4.64. The molecular weight excluding hydrogens is 302 g/mol. The summed E-state index contributed by atoms with van der Waals surface area (Å²) in [4.78, 5) is 24.1. The van der Waals surface area contributed by atoms with Crippen molar-refractivity contribution in [1.29, 1.82) is 0 Å². The number of carbonyl (C=O) groups excluding carboxylic acids is 2. The molecule has 22 heavy (non-hydrogen) atoms. The van der Waals surface area contributed by atoms with Gasteiger partial charge >= 0.3 is 5.97 Å². The number of ether oxygens (including phenoxy) is 1. The van der Waals surface area contributed by atoms with Crippen LogP contribution in [0.25, 0.3) is 0 Å². The SMILES string of the molecule is COC(=O)c1ccc(C(=O)NCC[C@@H](O)c2cccs2)cc1. The minimum Gasteiger partial charge on any atom is -0.465 e. The van der Waals surface area contributed by atoms with Gasteiger partial charge in [0.25, 0.3) is 5.91 Å². The number of benzene rings is 1. The van der Waals surface area contributed by atoms with E-state index in [-0.39, 0.29) is 5.91 Å². The van der Waals surface area contributed by atoms with Gasteiger partial charge in [0.15, 0.2) is 0 Å². The molecule has 2 N–H and O–H groups in total. The summed E-state index contributed by atoms with van der Waals surface area (Å²) in [6.45, 7) is 0.372. The number of esters is 1. The third kappa shape index (κ3) is 4.16. The molecule has 1 atom stereocenters. The number of methoxy groups -OCH3 is 1. The Morgan fingerprint density at radius 2 is 1.91 bits per heavy atom. The first-order valence-electron chi connectivity index (χ1n) is 6.80. The largest absolute Gasteiger partial charge is 0.465 e. The Morgan fingerprint density at radius 1 is 1.23 bits per heavy atom. The summed E-state index contributed by atoms with van der Waals surface area (Å²) < 4.78 is 4.60. The summed E-state index contributed by atoms with van der Waals surface area (Å²) in [6.07, 6.45) is -0.117. The minimum atomic E-state index is -0.568. The maximum Gasteiger partial charge on any atom is 0.337 e. The molecule has 116 valence electrons. The minimum absolute atomic E-state index is 0.241. The zero-order chi connectivity index (χ0) is 15.9. The van der Waals surface area contributed by atoms with Gasteiger partial charge in [0.2, 0.25) is 0 Å². The zero-order valence-electron chi connectivity index (χ0n) is 12.1. The molecular formula is C16H17NO4S. The van der Waals surface area contributed by atoms with Crippen LogP contribution in [0.15, 0.2) is 41.8 Å². The van der Waals surface area contributed by atoms with Gasteiger partial charge in [-0.05, 0) is 42.1 Å². The molecule has 1 heterocycles. The topological polar surface area (TPSA) is 75.6 Å². The molecule has 0 radical (unpaired) electrons. The molecule has 0 aliphatic rings. The first kappa shape index (κ1) is 16.2. The molecule has 0 aliphatic carbocycles. The van der Waals surface area contributed by atoms with E-state index in [4.69, 9.17) is 0 Å². The van der Waals surface area contributed by atoms with Crippen molar-refractivity contribution in [2.75, 3.05) is 13.7 Å². The highest BCUT2D eigenvalue weighted by molar-refractivity contribution is 7.10. The molecule has 5 nitrogen and oxygen atoms in total. The second kappa shape index (κ2) is 7.72. The van der Waals surface area contributed by atoms with Crippen molar-refractivity contribution in [2.24, 2.45) is 0 Å². The van der Waals surface area contributed by atoms with Gasteiger partial charge in [-0.15, -0.1) is 11.3 Å². The first-order valence-corrected chi connectivity index (χ1v) is 7.68. The molecule has 1 amide bonds. The van der Waals surface area contributed by atoms with Gasteiger partial charge in [-0.2, -0.15) is 0 Å². The highest BCUT2D eigenvalue weighted by Crippen LogP contribution is 2.20.